The summed E-state index contributed by atoms with van der Waals surface area (Å²) in [5.74, 6) is 0.904. The van der Waals surface area contributed by atoms with Crippen LogP contribution >= 0.6 is 0 Å². The molecule has 0 aromatic heterocycles. The van der Waals surface area contributed by atoms with Gasteiger partial charge >= 0.3 is 0 Å². The molecule has 0 amide bonds. The molecule has 82 valence electrons. The number of ketones is 1. The number of carbonyl (C=O) groups excluding carboxylic acids is 1. The number of hydrogen-bond acceptors (Lipinski definition) is 2. The summed E-state index contributed by atoms with van der Waals surface area (Å²) in [6.07, 6.45) is 7.62. The van der Waals surface area contributed by atoms with Crippen LogP contribution in [0.25, 0.3) is 0 Å². The van der Waals surface area contributed by atoms with Crippen molar-refractivity contribution in [1.29, 1.82) is 0 Å². The number of ether oxygens (including phenoxy) is 1. The van der Waals surface area contributed by atoms with Crippen LogP contribution in [0.4, 0.5) is 0 Å². The summed E-state index contributed by atoms with van der Waals surface area (Å²) >= 11 is 0. The van der Waals surface area contributed by atoms with Crippen LogP contribution in [0.3, 0.4) is 0 Å². The Labute approximate surface area is 87.0 Å². The maximum absolute atomic E-state index is 11.6. The predicted molar refractivity (Wildman–Crippen MR) is 57.3 cm³/mol. The number of hydrogen-bond donors (Lipinski definition) is 0. The van der Waals surface area contributed by atoms with Crippen LogP contribution < -0.4 is 0 Å². The van der Waals surface area contributed by atoms with Gasteiger partial charge < -0.3 is 4.74 Å². The zero-order chi connectivity index (χ0) is 10.2. The summed E-state index contributed by atoms with van der Waals surface area (Å²) in [5, 5.41) is 0. The van der Waals surface area contributed by atoms with Gasteiger partial charge in [-0.15, -0.1) is 0 Å². The largest absolute Gasteiger partial charge is 0.382 e. The highest BCUT2D eigenvalue weighted by atomic mass is 16.5. The van der Waals surface area contributed by atoms with E-state index >= 15 is 0 Å². The van der Waals surface area contributed by atoms with Crippen LogP contribution in [0.2, 0.25) is 0 Å². The van der Waals surface area contributed by atoms with Crippen molar-refractivity contribution in [3.63, 3.8) is 0 Å². The molecule has 0 heterocycles. The fourth-order valence-electron chi connectivity index (χ4n) is 2.10. The first-order valence-corrected chi connectivity index (χ1v) is 5.95. The summed E-state index contributed by atoms with van der Waals surface area (Å²) in [6.45, 7) is 3.61. The van der Waals surface area contributed by atoms with Crippen molar-refractivity contribution in [2.45, 2.75) is 51.9 Å². The van der Waals surface area contributed by atoms with E-state index in [1.54, 1.807) is 0 Å². The van der Waals surface area contributed by atoms with Gasteiger partial charge in [0, 0.05) is 25.6 Å². The molecule has 1 aliphatic rings. The van der Waals surface area contributed by atoms with Crippen molar-refractivity contribution < 1.29 is 9.53 Å². The lowest BCUT2D eigenvalue weighted by molar-refractivity contribution is -0.122. The van der Waals surface area contributed by atoms with Crippen molar-refractivity contribution in [3.05, 3.63) is 0 Å². The fraction of sp³-hybridized carbons (Fsp3) is 0.917. The highest BCUT2D eigenvalue weighted by Gasteiger charge is 2.21. The first-order chi connectivity index (χ1) is 6.84. The maximum Gasteiger partial charge on any atom is 0.135 e. The molecule has 2 nitrogen and oxygen atoms in total. The van der Waals surface area contributed by atoms with E-state index in [-0.39, 0.29) is 0 Å². The van der Waals surface area contributed by atoms with E-state index in [9.17, 15) is 4.79 Å². The van der Waals surface area contributed by atoms with Gasteiger partial charge in [-0.25, -0.2) is 0 Å². The summed E-state index contributed by atoms with van der Waals surface area (Å²) in [4.78, 5) is 11.6. The van der Waals surface area contributed by atoms with Gasteiger partial charge in [0.1, 0.15) is 5.78 Å². The number of unbranched alkanes of at least 4 members (excludes halogenated alkanes) is 1. The molecule has 1 aliphatic carbocycles. The minimum atomic E-state index is 0.405. The van der Waals surface area contributed by atoms with E-state index in [2.05, 4.69) is 0 Å². The topological polar surface area (TPSA) is 26.3 Å². The van der Waals surface area contributed by atoms with Gasteiger partial charge in [-0.05, 0) is 32.6 Å². The molecule has 1 fully saturated rings. The molecule has 0 aliphatic heterocycles. The Balaban J connectivity index is 1.97. The van der Waals surface area contributed by atoms with Crippen LogP contribution in [-0.4, -0.2) is 19.0 Å². The first kappa shape index (κ1) is 11.7. The minimum Gasteiger partial charge on any atom is -0.382 e. The molecule has 0 spiro atoms. The molecule has 0 saturated heterocycles. The molecule has 1 rings (SSSR count). The average molecular weight is 198 g/mol. The zero-order valence-corrected chi connectivity index (χ0v) is 9.26. The summed E-state index contributed by atoms with van der Waals surface area (Å²) < 4.78 is 5.23. The molecular formula is C12H22O2. The van der Waals surface area contributed by atoms with Crippen LogP contribution in [0, 0.1) is 5.92 Å². The van der Waals surface area contributed by atoms with Crippen molar-refractivity contribution in [2.75, 3.05) is 13.2 Å². The SMILES string of the molecule is CCOCCCCC(=O)C1CCCC1. The van der Waals surface area contributed by atoms with E-state index in [4.69, 9.17) is 4.74 Å². The van der Waals surface area contributed by atoms with Gasteiger partial charge in [0.25, 0.3) is 0 Å². The van der Waals surface area contributed by atoms with Crippen LogP contribution in [-0.2, 0) is 9.53 Å². The van der Waals surface area contributed by atoms with E-state index in [0.29, 0.717) is 11.7 Å². The molecule has 0 bridgehead atoms. The third-order valence-electron chi connectivity index (χ3n) is 2.98. The Bertz CT molecular complexity index is 160. The average Bonchev–Trinajstić information content (AvgIpc) is 2.70. The van der Waals surface area contributed by atoms with Crippen LogP contribution in [0.1, 0.15) is 51.9 Å². The van der Waals surface area contributed by atoms with Crippen molar-refractivity contribution in [3.8, 4) is 0 Å². The van der Waals surface area contributed by atoms with Gasteiger partial charge in [0.2, 0.25) is 0 Å². The summed E-state index contributed by atoms with van der Waals surface area (Å²) in [6, 6.07) is 0. The van der Waals surface area contributed by atoms with Crippen molar-refractivity contribution in [1.82, 2.24) is 0 Å². The number of Topliss-reactive ketones (excluding diaryl/α,β-unsaturated/α-hetero) is 1. The smallest absolute Gasteiger partial charge is 0.135 e. The first-order valence-electron chi connectivity index (χ1n) is 5.95. The lowest BCUT2D eigenvalue weighted by Crippen LogP contribution is -2.10. The molecule has 2 heteroatoms. The third-order valence-corrected chi connectivity index (χ3v) is 2.98. The van der Waals surface area contributed by atoms with E-state index in [1.165, 1.54) is 12.8 Å². The monoisotopic (exact) mass is 198 g/mol. The Kier molecular flexibility index (Phi) is 5.85. The quantitative estimate of drug-likeness (QED) is 0.588. The highest BCUT2D eigenvalue weighted by molar-refractivity contribution is 5.81. The second-order valence-corrected chi connectivity index (χ2v) is 4.10. The van der Waals surface area contributed by atoms with Gasteiger partial charge in [-0.2, -0.15) is 0 Å². The Morgan fingerprint density at radius 1 is 1.29 bits per heavy atom. The molecule has 0 aromatic rings. The Morgan fingerprint density at radius 2 is 2.00 bits per heavy atom. The fourth-order valence-corrected chi connectivity index (χ4v) is 2.10. The van der Waals surface area contributed by atoms with Crippen LogP contribution in [0.5, 0.6) is 0 Å². The standard InChI is InChI=1S/C12H22O2/c1-2-14-10-6-5-9-12(13)11-7-3-4-8-11/h11H,2-10H2,1H3. The predicted octanol–water partition coefficient (Wildman–Crippen LogP) is 2.95. The van der Waals surface area contributed by atoms with Gasteiger partial charge in [-0.1, -0.05) is 12.8 Å². The molecule has 1 saturated carbocycles. The molecule has 0 aromatic carbocycles. The van der Waals surface area contributed by atoms with E-state index in [1.807, 2.05) is 6.92 Å². The molecule has 0 radical (unpaired) electrons. The number of carbonyl (C=O) groups is 1. The summed E-state index contributed by atoms with van der Waals surface area (Å²) in [7, 11) is 0. The Morgan fingerprint density at radius 3 is 2.64 bits per heavy atom. The highest BCUT2D eigenvalue weighted by Crippen LogP contribution is 2.26. The maximum atomic E-state index is 11.6. The lowest BCUT2D eigenvalue weighted by Gasteiger charge is -2.07. The van der Waals surface area contributed by atoms with Gasteiger partial charge in [0.15, 0.2) is 0 Å². The molecule has 0 unspecified atom stereocenters. The molecule has 14 heavy (non-hydrogen) atoms. The second kappa shape index (κ2) is 6.99. The third kappa shape index (κ3) is 4.23. The van der Waals surface area contributed by atoms with Crippen molar-refractivity contribution >= 4 is 5.78 Å². The Hall–Kier alpha value is -0.370. The van der Waals surface area contributed by atoms with Gasteiger partial charge in [0.05, 0.1) is 0 Å². The summed E-state index contributed by atoms with van der Waals surface area (Å²) in [5.41, 5.74) is 0. The van der Waals surface area contributed by atoms with Crippen LogP contribution in [0.15, 0.2) is 0 Å². The molecule has 0 N–H and O–H groups in total. The lowest BCUT2D eigenvalue weighted by atomic mass is 9.98. The van der Waals surface area contributed by atoms with Gasteiger partial charge in [-0.3, -0.25) is 4.79 Å². The minimum absolute atomic E-state index is 0.405. The second-order valence-electron chi connectivity index (χ2n) is 4.10. The van der Waals surface area contributed by atoms with E-state index in [0.717, 1.165) is 45.3 Å². The normalized spacial score (nSPS) is 17.5. The van der Waals surface area contributed by atoms with Crippen molar-refractivity contribution in [2.24, 2.45) is 5.92 Å². The molecular weight excluding hydrogens is 176 g/mol. The van der Waals surface area contributed by atoms with E-state index < -0.39 is 0 Å². The molecule has 0 atom stereocenters. The number of rotatable bonds is 7. The zero-order valence-electron chi connectivity index (χ0n) is 9.26.